The maximum Gasteiger partial charge on any atom is 0.166 e. The van der Waals surface area contributed by atoms with Crippen LogP contribution in [0, 0.1) is 11.2 Å². The first-order valence-corrected chi connectivity index (χ1v) is 16.7. The molecule has 2 saturated heterocycles. The third-order valence-electron chi connectivity index (χ3n) is 7.41. The van der Waals surface area contributed by atoms with E-state index in [1.54, 1.807) is 37.6 Å². The summed E-state index contributed by atoms with van der Waals surface area (Å²) >= 11 is 12.6. The van der Waals surface area contributed by atoms with Gasteiger partial charge in [-0.3, -0.25) is 14.6 Å². The van der Waals surface area contributed by atoms with Crippen molar-refractivity contribution in [3.8, 4) is 5.75 Å². The number of pyridine rings is 2. The van der Waals surface area contributed by atoms with Gasteiger partial charge in [0.15, 0.2) is 11.6 Å². The molecule has 0 amide bonds. The molecule has 9 nitrogen and oxygen atoms in total. The standard InChI is InChI=1S/C29H34Cl2FN7O2S/c1-18(26-22(30)13-35-14-23(26)31)41-20-6-7-25(33)21(11-20)27(34)19-10-24(32)28(36-12-19)39-16-29(17-39,37-42(2,3)40)15-38-8-4-5-9-38/h6-7,10-14,18,34H,4-5,8-9,15-17,33H2,1-3H3/t18-/m1/s1. The van der Waals surface area contributed by atoms with Gasteiger partial charge < -0.3 is 20.3 Å². The van der Waals surface area contributed by atoms with Gasteiger partial charge in [-0.15, -0.1) is 0 Å². The van der Waals surface area contributed by atoms with Crippen molar-refractivity contribution in [3.63, 3.8) is 0 Å². The second kappa shape index (κ2) is 11.9. The summed E-state index contributed by atoms with van der Waals surface area (Å²) in [5.41, 5.74) is 7.25. The van der Waals surface area contributed by atoms with Crippen LogP contribution in [0.15, 0.2) is 47.2 Å². The fourth-order valence-corrected chi connectivity index (χ4v) is 7.46. The highest BCUT2D eigenvalue weighted by molar-refractivity contribution is 7.92. The summed E-state index contributed by atoms with van der Waals surface area (Å²) < 4.78 is 38.8. The molecule has 0 saturated carbocycles. The van der Waals surface area contributed by atoms with Crippen molar-refractivity contribution < 1.29 is 13.3 Å². The molecule has 1 atom stereocenters. The van der Waals surface area contributed by atoms with Crippen molar-refractivity contribution in [2.24, 2.45) is 4.36 Å². The number of nitrogens with two attached hydrogens (primary N) is 1. The third-order valence-corrected chi connectivity index (χ3v) is 8.84. The van der Waals surface area contributed by atoms with E-state index < -0.39 is 27.2 Å². The monoisotopic (exact) mass is 633 g/mol. The van der Waals surface area contributed by atoms with Crippen molar-refractivity contribution in [2.45, 2.75) is 31.4 Å². The first-order chi connectivity index (χ1) is 19.8. The van der Waals surface area contributed by atoms with Gasteiger partial charge in [-0.25, -0.2) is 13.7 Å². The topological polar surface area (TPSA) is 121 Å². The van der Waals surface area contributed by atoms with Gasteiger partial charge in [-0.1, -0.05) is 23.2 Å². The molecule has 0 spiro atoms. The molecule has 0 radical (unpaired) electrons. The summed E-state index contributed by atoms with van der Waals surface area (Å²) in [4.78, 5) is 12.5. The van der Waals surface area contributed by atoms with Gasteiger partial charge in [0, 0.05) is 82.8 Å². The second-order valence-electron chi connectivity index (χ2n) is 11.3. The van der Waals surface area contributed by atoms with Crippen LogP contribution < -0.4 is 15.4 Å². The molecule has 13 heteroatoms. The zero-order valence-electron chi connectivity index (χ0n) is 23.7. The largest absolute Gasteiger partial charge is 0.486 e. The molecular formula is C29H34Cl2FN7O2S. The Hall–Kier alpha value is -2.99. The van der Waals surface area contributed by atoms with E-state index in [1.165, 1.54) is 24.7 Å². The van der Waals surface area contributed by atoms with Crippen molar-refractivity contribution >= 4 is 50.1 Å². The van der Waals surface area contributed by atoms with E-state index in [2.05, 4.69) is 19.2 Å². The van der Waals surface area contributed by atoms with Gasteiger partial charge in [-0.2, -0.15) is 0 Å². The highest BCUT2D eigenvalue weighted by atomic mass is 35.5. The maximum absolute atomic E-state index is 15.4. The lowest BCUT2D eigenvalue weighted by Crippen LogP contribution is -2.66. The number of nitrogen functional groups attached to an aromatic ring is 1. The van der Waals surface area contributed by atoms with Crippen molar-refractivity contribution in [1.29, 1.82) is 5.41 Å². The normalized spacial score (nSPS) is 17.5. The fraction of sp³-hybridized carbons (Fsp3) is 0.414. The minimum absolute atomic E-state index is 0.00206. The third kappa shape index (κ3) is 6.64. The highest BCUT2D eigenvalue weighted by Gasteiger charge is 2.46. The molecule has 42 heavy (non-hydrogen) atoms. The number of hydrogen-bond acceptors (Lipinski definition) is 9. The maximum atomic E-state index is 15.4. The minimum Gasteiger partial charge on any atom is -0.486 e. The molecule has 3 aromatic rings. The molecule has 0 unspecified atom stereocenters. The Labute approximate surface area is 255 Å². The molecule has 1 aromatic carbocycles. The van der Waals surface area contributed by atoms with Gasteiger partial charge in [0.05, 0.1) is 15.8 Å². The summed E-state index contributed by atoms with van der Waals surface area (Å²) in [5, 5.41) is 9.54. The van der Waals surface area contributed by atoms with E-state index >= 15 is 4.39 Å². The Morgan fingerprint density at radius 3 is 2.48 bits per heavy atom. The van der Waals surface area contributed by atoms with Crippen LogP contribution in [0.2, 0.25) is 10.0 Å². The summed E-state index contributed by atoms with van der Waals surface area (Å²) in [6.07, 6.45) is 9.50. The Kier molecular flexibility index (Phi) is 8.67. The first-order valence-electron chi connectivity index (χ1n) is 13.6. The SMILES string of the molecule is C[C@@H](Oc1ccc(N)c(C(=N)c2cnc(N3CC(CN4CCCC4)(N=S(C)(C)=O)C3)c(F)c2)c1)c1c(Cl)cncc1Cl. The predicted molar refractivity (Wildman–Crippen MR) is 167 cm³/mol. The van der Waals surface area contributed by atoms with Crippen molar-refractivity contribution in [3.05, 3.63) is 75.4 Å². The smallest absolute Gasteiger partial charge is 0.166 e. The van der Waals surface area contributed by atoms with Crippen molar-refractivity contribution in [2.75, 3.05) is 55.9 Å². The lowest BCUT2D eigenvalue weighted by Gasteiger charge is -2.49. The molecular weight excluding hydrogens is 600 g/mol. The van der Waals surface area contributed by atoms with Crippen LogP contribution in [0.3, 0.4) is 0 Å². The van der Waals surface area contributed by atoms with Gasteiger partial charge in [-0.05, 0) is 57.1 Å². The molecule has 2 fully saturated rings. The molecule has 2 aromatic heterocycles. The Morgan fingerprint density at radius 1 is 1.19 bits per heavy atom. The summed E-state index contributed by atoms with van der Waals surface area (Å²) in [7, 11) is -2.34. The van der Waals surface area contributed by atoms with E-state index in [9.17, 15) is 4.21 Å². The second-order valence-corrected chi connectivity index (χ2v) is 14.6. The van der Waals surface area contributed by atoms with Crippen LogP contribution in [-0.4, -0.2) is 75.6 Å². The minimum atomic E-state index is -2.34. The zero-order chi connectivity index (χ0) is 30.2. The molecule has 4 heterocycles. The average molecular weight is 635 g/mol. The van der Waals surface area contributed by atoms with Gasteiger partial charge in [0.1, 0.15) is 17.4 Å². The van der Waals surface area contributed by atoms with Crippen molar-refractivity contribution in [1.82, 2.24) is 14.9 Å². The molecule has 2 aliphatic heterocycles. The van der Waals surface area contributed by atoms with E-state index in [0.29, 0.717) is 52.2 Å². The number of hydrogen-bond donors (Lipinski definition) is 2. The van der Waals surface area contributed by atoms with Gasteiger partial charge >= 0.3 is 0 Å². The number of halogens is 3. The number of nitrogens with zero attached hydrogens (tertiary/aromatic N) is 5. The number of likely N-dealkylation sites (tertiary alicyclic amines) is 1. The fourth-order valence-electron chi connectivity index (χ4n) is 5.68. The Morgan fingerprint density at radius 2 is 1.86 bits per heavy atom. The lowest BCUT2D eigenvalue weighted by atomic mass is 9.90. The molecule has 0 bridgehead atoms. The number of nitrogens with one attached hydrogen (secondary N) is 1. The van der Waals surface area contributed by atoms with Crippen LogP contribution >= 0.6 is 23.2 Å². The zero-order valence-corrected chi connectivity index (χ0v) is 26.1. The number of benzene rings is 1. The highest BCUT2D eigenvalue weighted by Crippen LogP contribution is 2.35. The van der Waals surface area contributed by atoms with Crippen LogP contribution in [0.1, 0.15) is 42.6 Å². The number of ether oxygens (including phenoxy) is 1. The molecule has 5 rings (SSSR count). The first kappa shape index (κ1) is 30.5. The molecule has 2 aliphatic rings. The molecule has 3 N–H and O–H groups in total. The van der Waals surface area contributed by atoms with Crippen LogP contribution in [0.5, 0.6) is 5.75 Å². The summed E-state index contributed by atoms with van der Waals surface area (Å²) in [6, 6.07) is 6.22. The van der Waals surface area contributed by atoms with E-state index in [4.69, 9.17) is 39.1 Å². The summed E-state index contributed by atoms with van der Waals surface area (Å²) in [6.45, 7) is 5.35. The quantitative estimate of drug-likeness (QED) is 0.238. The number of rotatable bonds is 9. The van der Waals surface area contributed by atoms with Gasteiger partial charge in [0.2, 0.25) is 0 Å². The molecule has 0 aliphatic carbocycles. The lowest BCUT2D eigenvalue weighted by molar-refractivity contribution is 0.213. The van der Waals surface area contributed by atoms with E-state index in [1.807, 2.05) is 4.90 Å². The summed E-state index contributed by atoms with van der Waals surface area (Å²) in [5.74, 6) is 0.0670. The van der Waals surface area contributed by atoms with Crippen LogP contribution in [0.4, 0.5) is 15.9 Å². The van der Waals surface area contributed by atoms with E-state index in [-0.39, 0.29) is 17.1 Å². The molecule has 224 valence electrons. The number of anilines is 2. The van der Waals surface area contributed by atoms with Crippen LogP contribution in [0.25, 0.3) is 0 Å². The number of aromatic nitrogens is 2. The average Bonchev–Trinajstić information content (AvgIpc) is 3.40. The Bertz CT molecular complexity index is 1610. The van der Waals surface area contributed by atoms with Gasteiger partial charge in [0.25, 0.3) is 0 Å². The van der Waals surface area contributed by atoms with Crippen LogP contribution in [-0.2, 0) is 9.73 Å². The van der Waals surface area contributed by atoms with E-state index in [0.717, 1.165) is 25.9 Å². The Balaban J connectivity index is 1.33. The predicted octanol–water partition coefficient (Wildman–Crippen LogP) is 5.44.